The predicted molar refractivity (Wildman–Crippen MR) is 412 cm³/mol. The smallest absolute Gasteiger partial charge is 0.187 e. The molecule has 0 saturated heterocycles. The minimum atomic E-state index is -0.152. The zero-order chi connectivity index (χ0) is 69.5. The van der Waals surface area contributed by atoms with Crippen LogP contribution >= 0.6 is 0 Å². The van der Waals surface area contributed by atoms with Crippen molar-refractivity contribution in [1.29, 1.82) is 0 Å². The zero-order valence-corrected chi connectivity index (χ0v) is 61.8. The van der Waals surface area contributed by atoms with Crippen LogP contribution < -0.4 is 0 Å². The lowest BCUT2D eigenvalue weighted by atomic mass is 9.79. The summed E-state index contributed by atoms with van der Waals surface area (Å²) in [5.41, 5.74) is 22.9. The van der Waals surface area contributed by atoms with Crippen LogP contribution in [0.3, 0.4) is 0 Å². The molecule has 0 N–H and O–H groups in total. The average molecular weight is 1270 g/mol. The highest BCUT2D eigenvalue weighted by Crippen LogP contribution is 2.47. The molecule has 0 unspecified atom stereocenters. The van der Waals surface area contributed by atoms with E-state index in [1.165, 1.54) is 66.1 Å². The maximum absolute atomic E-state index is 8.20. The molecule has 6 nitrogen and oxygen atoms in total. The molecular weight excluding hydrogens is 1170 g/mol. The first-order valence-electron chi connectivity index (χ1n) is 34.6. The Labute approximate surface area is 573 Å². The highest BCUT2D eigenvalue weighted by atomic mass is 15.0. The predicted octanol–water partition coefficient (Wildman–Crippen LogP) is 25.3. The minimum absolute atomic E-state index is 0.0841. The Hall–Kier alpha value is -8.92. The van der Waals surface area contributed by atoms with Crippen LogP contribution in [0.4, 0.5) is 5.69 Å². The molecule has 6 heteroatoms. The summed E-state index contributed by atoms with van der Waals surface area (Å²) in [7, 11) is 0. The van der Waals surface area contributed by atoms with Crippen molar-refractivity contribution in [2.45, 2.75) is 209 Å². The van der Waals surface area contributed by atoms with Crippen molar-refractivity contribution in [2.24, 2.45) is 0 Å². The normalized spacial score (nSPS) is 13.2. The van der Waals surface area contributed by atoms with Crippen molar-refractivity contribution in [3.8, 4) is 67.8 Å². The number of benzene rings is 9. The lowest BCUT2D eigenvalue weighted by Crippen LogP contribution is -2.17. The van der Waals surface area contributed by atoms with Gasteiger partial charge in [0.15, 0.2) is 23.2 Å². The van der Waals surface area contributed by atoms with E-state index < -0.39 is 0 Å². The molecule has 0 amide bonds. The maximum atomic E-state index is 8.20. The van der Waals surface area contributed by atoms with E-state index in [1.807, 2.05) is 18.2 Å². The fourth-order valence-electron chi connectivity index (χ4n) is 13.4. The van der Waals surface area contributed by atoms with Crippen molar-refractivity contribution in [3.63, 3.8) is 0 Å². The standard InChI is InChI=1S/C90H100N6/c1-83(2,3)59-31-37-76-70(50-59)71-51-60(84(4,5)6)32-38-77(71)95(76)74-35-29-55(54-27-26-28-67(45-54)91-25)46-68(74)69-47-56(30-36-75(69)96-78-39-33-61(85(7,8)9)52-72(78)73-53-62(86(10,11)12)34-40-79(73)96)80-92-81(57-41-63(87(13,14)15)48-64(42-57)88(16,17)18)94-82(93-80)58-43-65(89(19,20)21)49-66(44-58)90(22,23)24/h26-53H,1-24H3. The highest BCUT2D eigenvalue weighted by Gasteiger charge is 2.30. The molecule has 3 heterocycles. The van der Waals surface area contributed by atoms with Gasteiger partial charge in [0.1, 0.15) is 0 Å². The molecule has 0 aliphatic carbocycles. The average Bonchev–Trinajstić information content (AvgIpc) is 1.55. The molecule has 0 radical (unpaired) electrons. The van der Waals surface area contributed by atoms with E-state index >= 15 is 0 Å². The third-order valence-corrected chi connectivity index (χ3v) is 19.8. The monoisotopic (exact) mass is 1260 g/mol. The Morgan fingerprint density at radius 3 is 0.844 bits per heavy atom. The Kier molecular flexibility index (Phi) is 16.2. The van der Waals surface area contributed by atoms with Crippen LogP contribution in [0.1, 0.15) is 211 Å². The summed E-state index contributed by atoms with van der Waals surface area (Å²) in [4.78, 5) is 21.0. The van der Waals surface area contributed by atoms with Gasteiger partial charge in [-0.1, -0.05) is 227 Å². The molecule has 12 aromatic rings. The van der Waals surface area contributed by atoms with Gasteiger partial charge in [0.25, 0.3) is 0 Å². The minimum Gasteiger partial charge on any atom is -0.309 e. The van der Waals surface area contributed by atoms with Crippen molar-refractivity contribution >= 4 is 49.3 Å². The van der Waals surface area contributed by atoms with Crippen LogP contribution in [-0.2, 0) is 43.3 Å². The summed E-state index contributed by atoms with van der Waals surface area (Å²) in [6.45, 7) is 63.4. The second-order valence-electron chi connectivity index (χ2n) is 35.6. The molecule has 3 aromatic heterocycles. The second kappa shape index (κ2) is 23.1. The van der Waals surface area contributed by atoms with Gasteiger partial charge in [0, 0.05) is 49.4 Å². The van der Waals surface area contributed by atoms with Crippen LogP contribution in [-0.4, -0.2) is 24.1 Å². The molecule has 12 rings (SSSR count). The molecule has 0 spiro atoms. The first-order valence-corrected chi connectivity index (χ1v) is 34.6. The third kappa shape index (κ3) is 12.8. The molecule has 0 saturated carbocycles. The molecule has 9 aromatic carbocycles. The van der Waals surface area contributed by atoms with E-state index in [1.54, 1.807) is 0 Å². The lowest BCUT2D eigenvalue weighted by molar-refractivity contribution is 0.568. The first-order chi connectivity index (χ1) is 44.5. The summed E-state index contributed by atoms with van der Waals surface area (Å²) < 4.78 is 5.02. The third-order valence-electron chi connectivity index (χ3n) is 19.8. The number of fused-ring (bicyclic) bond motifs is 6. The number of hydrogen-bond donors (Lipinski definition) is 0. The van der Waals surface area contributed by atoms with Gasteiger partial charge in [-0.2, -0.15) is 0 Å². The van der Waals surface area contributed by atoms with E-state index in [0.29, 0.717) is 23.2 Å². The Balaban J connectivity index is 1.26. The molecule has 490 valence electrons. The molecule has 0 aliphatic rings. The molecule has 0 bridgehead atoms. The van der Waals surface area contributed by atoms with E-state index in [9.17, 15) is 0 Å². The highest BCUT2D eigenvalue weighted by molar-refractivity contribution is 6.12. The Bertz CT molecular complexity index is 4820. The van der Waals surface area contributed by atoms with Crippen LogP contribution in [0.25, 0.3) is 116 Å². The Morgan fingerprint density at radius 2 is 0.542 bits per heavy atom. The van der Waals surface area contributed by atoms with E-state index in [2.05, 4.69) is 332 Å². The van der Waals surface area contributed by atoms with Gasteiger partial charge in [0.2, 0.25) is 0 Å². The fourth-order valence-corrected chi connectivity index (χ4v) is 13.4. The maximum Gasteiger partial charge on any atom is 0.187 e. The van der Waals surface area contributed by atoms with Gasteiger partial charge in [0.05, 0.1) is 40.0 Å². The van der Waals surface area contributed by atoms with Gasteiger partial charge in [-0.3, -0.25) is 0 Å². The number of hydrogen-bond acceptors (Lipinski definition) is 3. The van der Waals surface area contributed by atoms with Gasteiger partial charge in [-0.15, -0.1) is 0 Å². The largest absolute Gasteiger partial charge is 0.309 e. The van der Waals surface area contributed by atoms with Crippen molar-refractivity contribution in [2.75, 3.05) is 0 Å². The van der Waals surface area contributed by atoms with Crippen molar-refractivity contribution in [3.05, 3.63) is 226 Å². The molecular formula is C90H100N6. The Morgan fingerprint density at radius 1 is 0.260 bits per heavy atom. The first kappa shape index (κ1) is 67.1. The van der Waals surface area contributed by atoms with Crippen LogP contribution in [0.5, 0.6) is 0 Å². The summed E-state index contributed by atoms with van der Waals surface area (Å²) in [6.07, 6.45) is 0. The van der Waals surface area contributed by atoms with E-state index in [-0.39, 0.29) is 43.3 Å². The summed E-state index contributed by atoms with van der Waals surface area (Å²) in [6, 6.07) is 64.3. The van der Waals surface area contributed by atoms with E-state index in [4.69, 9.17) is 21.5 Å². The lowest BCUT2D eigenvalue weighted by Gasteiger charge is -2.26. The fraction of sp³-hybridized carbons (Fsp3) is 0.356. The van der Waals surface area contributed by atoms with Gasteiger partial charge in [-0.05, 0) is 208 Å². The quantitative estimate of drug-likeness (QED) is 0.149. The van der Waals surface area contributed by atoms with Gasteiger partial charge in [-0.25, -0.2) is 19.8 Å². The molecule has 0 aliphatic heterocycles. The summed E-state index contributed by atoms with van der Waals surface area (Å²) >= 11 is 0. The number of aromatic nitrogens is 5. The van der Waals surface area contributed by atoms with Crippen LogP contribution in [0, 0.1) is 6.57 Å². The van der Waals surface area contributed by atoms with Crippen LogP contribution in [0.2, 0.25) is 0 Å². The molecule has 0 atom stereocenters. The van der Waals surface area contributed by atoms with Crippen molar-refractivity contribution < 1.29 is 0 Å². The number of rotatable bonds is 7. The van der Waals surface area contributed by atoms with Gasteiger partial charge < -0.3 is 9.13 Å². The number of nitrogens with zero attached hydrogens (tertiary/aromatic N) is 6. The van der Waals surface area contributed by atoms with Crippen molar-refractivity contribution in [1.82, 2.24) is 24.1 Å². The topological polar surface area (TPSA) is 52.9 Å². The summed E-state index contributed by atoms with van der Waals surface area (Å²) in [5, 5.41) is 4.84. The van der Waals surface area contributed by atoms with E-state index in [0.717, 1.165) is 72.4 Å². The summed E-state index contributed by atoms with van der Waals surface area (Å²) in [5.74, 6) is 1.83. The molecule has 96 heavy (non-hydrogen) atoms. The van der Waals surface area contributed by atoms with Crippen LogP contribution in [0.15, 0.2) is 170 Å². The second-order valence-corrected chi connectivity index (χ2v) is 35.6. The van der Waals surface area contributed by atoms with Gasteiger partial charge >= 0.3 is 0 Å². The SMILES string of the molecule is [C-]#[N+]c1cccc(-c2ccc(-n3c4ccc(C(C)(C)C)cc4c4cc(C(C)(C)C)ccc43)c(-c3cc(-c4nc(-c5cc(C(C)(C)C)cc(C(C)(C)C)c5)nc(-c5cc(C(C)(C)C)cc(C(C)(C)C)c5)n4)ccc3-n3c4ccc(C(C)(C)C)cc4c4cc(C(C)(C)C)ccc43)c2)c1. The molecule has 0 fully saturated rings. The zero-order valence-electron chi connectivity index (χ0n) is 61.8.